The maximum atomic E-state index is 13.5. The number of ether oxygens (including phenoxy) is 2. The number of carbonyl (C=O) groups excluding carboxylic acids is 3. The number of nitrogens with one attached hydrogen (secondary N) is 1. The van der Waals surface area contributed by atoms with Gasteiger partial charge in [0.25, 0.3) is 5.91 Å². The quantitative estimate of drug-likeness (QED) is 0.303. The summed E-state index contributed by atoms with van der Waals surface area (Å²) < 4.78 is 35.7. The molecule has 0 bridgehead atoms. The molecule has 1 heterocycles. The molecule has 39 heavy (non-hydrogen) atoms. The van der Waals surface area contributed by atoms with Gasteiger partial charge in [0, 0.05) is 24.8 Å². The number of thiazole rings is 1. The summed E-state index contributed by atoms with van der Waals surface area (Å²) in [6.07, 6.45) is 7.56. The van der Waals surface area contributed by atoms with Gasteiger partial charge in [-0.05, 0) is 56.2 Å². The molecule has 1 N–H and O–H groups in total. The molecule has 2 aromatic rings. The minimum absolute atomic E-state index is 0.0460. The minimum Gasteiger partial charge on any atom is -0.465 e. The van der Waals surface area contributed by atoms with E-state index in [1.807, 2.05) is 6.08 Å². The Morgan fingerprint density at radius 1 is 1.03 bits per heavy atom. The van der Waals surface area contributed by atoms with Crippen LogP contribution in [0.4, 0.5) is 5.13 Å². The highest BCUT2D eigenvalue weighted by Gasteiger charge is 2.37. The van der Waals surface area contributed by atoms with Crippen molar-refractivity contribution in [2.24, 2.45) is 5.92 Å². The third-order valence-electron chi connectivity index (χ3n) is 7.03. The fraction of sp³-hybridized carbons (Fsp3) is 0.500. The third-order valence-corrected chi connectivity index (χ3v) is 10.1. The van der Waals surface area contributed by atoms with Crippen LogP contribution < -0.4 is 5.32 Å². The van der Waals surface area contributed by atoms with Crippen molar-refractivity contribution in [1.29, 1.82) is 0 Å². The summed E-state index contributed by atoms with van der Waals surface area (Å²) in [6, 6.07) is 6.54. The Kier molecular flexibility index (Phi) is 8.90. The molecule has 4 rings (SSSR count). The molecule has 2 aliphatic rings. The molecule has 1 aromatic carbocycles. The van der Waals surface area contributed by atoms with E-state index >= 15 is 0 Å². The summed E-state index contributed by atoms with van der Waals surface area (Å²) >= 11 is 1.21. The molecule has 2 fully saturated rings. The van der Waals surface area contributed by atoms with Crippen LogP contribution >= 0.6 is 11.3 Å². The van der Waals surface area contributed by atoms with Crippen molar-refractivity contribution in [3.63, 3.8) is 0 Å². The first-order chi connectivity index (χ1) is 18.5. The number of anilines is 1. The Balaban J connectivity index is 1.56. The Hall–Kier alpha value is -3.05. The van der Waals surface area contributed by atoms with Gasteiger partial charge in [-0.1, -0.05) is 31.1 Å². The summed E-state index contributed by atoms with van der Waals surface area (Å²) in [4.78, 5) is 41.2. The van der Waals surface area contributed by atoms with Gasteiger partial charge in [0.15, 0.2) is 15.0 Å². The lowest BCUT2D eigenvalue weighted by Gasteiger charge is -2.26. The predicted molar refractivity (Wildman–Crippen MR) is 148 cm³/mol. The van der Waals surface area contributed by atoms with E-state index in [9.17, 15) is 22.8 Å². The van der Waals surface area contributed by atoms with Crippen LogP contribution in [0.2, 0.25) is 0 Å². The number of allylic oxidation sites excluding steroid dienone is 1. The highest BCUT2D eigenvalue weighted by Crippen LogP contribution is 2.35. The van der Waals surface area contributed by atoms with Gasteiger partial charge in [-0.15, -0.1) is 11.3 Å². The van der Waals surface area contributed by atoms with Crippen LogP contribution in [0, 0.1) is 5.92 Å². The normalized spacial score (nSPS) is 16.6. The van der Waals surface area contributed by atoms with Crippen LogP contribution in [0.5, 0.6) is 0 Å². The summed E-state index contributed by atoms with van der Waals surface area (Å²) in [5.41, 5.74) is 0.723. The summed E-state index contributed by atoms with van der Waals surface area (Å²) in [5.74, 6) is -1.01. The number of hydrogen-bond donors (Lipinski definition) is 1. The first-order valence-corrected chi connectivity index (χ1v) is 15.5. The first-order valence-electron chi connectivity index (χ1n) is 13.1. The van der Waals surface area contributed by atoms with Crippen molar-refractivity contribution in [2.45, 2.75) is 74.9 Å². The molecule has 0 radical (unpaired) electrons. The Morgan fingerprint density at radius 3 is 2.15 bits per heavy atom. The monoisotopic (exact) mass is 574 g/mol. The molecule has 0 aliphatic heterocycles. The van der Waals surface area contributed by atoms with Crippen molar-refractivity contribution in [3.8, 4) is 0 Å². The van der Waals surface area contributed by atoms with Gasteiger partial charge >= 0.3 is 11.9 Å². The maximum absolute atomic E-state index is 13.5. The largest absolute Gasteiger partial charge is 0.465 e. The van der Waals surface area contributed by atoms with E-state index in [1.165, 1.54) is 25.2 Å². The van der Waals surface area contributed by atoms with Gasteiger partial charge in [0.1, 0.15) is 13.2 Å². The molecule has 2 saturated carbocycles. The van der Waals surface area contributed by atoms with E-state index in [2.05, 4.69) is 10.3 Å². The zero-order valence-corrected chi connectivity index (χ0v) is 24.0. The molecule has 1 amide bonds. The maximum Gasteiger partial charge on any atom is 0.302 e. The minimum atomic E-state index is -3.32. The number of sulfone groups is 1. The lowest BCUT2D eigenvalue weighted by atomic mass is 9.89. The van der Waals surface area contributed by atoms with Gasteiger partial charge in [-0.3, -0.25) is 19.7 Å². The third kappa shape index (κ3) is 7.33. The highest BCUT2D eigenvalue weighted by atomic mass is 32.2. The number of aromatic nitrogens is 1. The van der Waals surface area contributed by atoms with E-state index in [0.717, 1.165) is 25.7 Å². The molecule has 9 nitrogen and oxygen atoms in total. The van der Waals surface area contributed by atoms with Gasteiger partial charge in [-0.25, -0.2) is 13.4 Å². The SMILES string of the molecule is CC(=O)OCC(C)(COC(C)=O)c1csc(NC(=O)C(=CC2CCCC2)c2ccc(S(=O)(=O)C3CC3)cc2)n1. The van der Waals surface area contributed by atoms with Crippen LogP contribution in [-0.4, -0.2) is 49.7 Å². The van der Waals surface area contributed by atoms with Crippen LogP contribution in [0.3, 0.4) is 0 Å². The second kappa shape index (κ2) is 12.0. The topological polar surface area (TPSA) is 129 Å². The molecule has 210 valence electrons. The average Bonchev–Trinajstić information content (AvgIpc) is 3.45. The zero-order chi connectivity index (χ0) is 28.2. The van der Waals surface area contributed by atoms with Gasteiger partial charge in [0.05, 0.1) is 21.3 Å². The molecule has 0 atom stereocenters. The standard InChI is InChI=1S/C28H34N2O7S2/c1-18(31)36-16-28(3,17-37-19(2)32)25-15-38-27(29-25)30-26(33)24(14-20-6-4-5-7-20)21-8-10-22(11-9-21)39(34,35)23-12-13-23/h8-11,14-15,20,23H,4-7,12-13,16-17H2,1-3H3,(H,29,30,33). The number of carbonyl (C=O) groups is 3. The van der Waals surface area contributed by atoms with E-state index < -0.39 is 27.2 Å². The van der Waals surface area contributed by atoms with Crippen LogP contribution in [0.1, 0.15) is 70.6 Å². The van der Waals surface area contributed by atoms with E-state index in [-0.39, 0.29) is 35.2 Å². The van der Waals surface area contributed by atoms with E-state index in [4.69, 9.17) is 9.47 Å². The molecule has 1 aromatic heterocycles. The number of amides is 1. The average molecular weight is 575 g/mol. The lowest BCUT2D eigenvalue weighted by molar-refractivity contribution is -0.147. The highest BCUT2D eigenvalue weighted by molar-refractivity contribution is 7.92. The smallest absolute Gasteiger partial charge is 0.302 e. The molecular weight excluding hydrogens is 540 g/mol. The molecule has 0 saturated heterocycles. The van der Waals surface area contributed by atoms with E-state index in [0.29, 0.717) is 34.8 Å². The Morgan fingerprint density at radius 2 is 1.62 bits per heavy atom. The Labute approximate surface area is 232 Å². The fourth-order valence-electron chi connectivity index (χ4n) is 4.54. The van der Waals surface area contributed by atoms with Crippen molar-refractivity contribution < 1.29 is 32.3 Å². The molecule has 0 unspecified atom stereocenters. The number of rotatable bonds is 11. The lowest BCUT2D eigenvalue weighted by Crippen LogP contribution is -2.35. The molecule has 11 heteroatoms. The van der Waals surface area contributed by atoms with Crippen molar-refractivity contribution >= 4 is 49.7 Å². The van der Waals surface area contributed by atoms with Gasteiger partial charge in [0.2, 0.25) is 0 Å². The molecule has 0 spiro atoms. The summed E-state index contributed by atoms with van der Waals surface area (Å²) in [7, 11) is -3.32. The van der Waals surface area contributed by atoms with Crippen LogP contribution in [-0.2, 0) is 39.1 Å². The summed E-state index contributed by atoms with van der Waals surface area (Å²) in [6.45, 7) is 4.27. The predicted octanol–water partition coefficient (Wildman–Crippen LogP) is 4.68. The summed E-state index contributed by atoms with van der Waals surface area (Å²) in [5, 5.41) is 4.66. The van der Waals surface area contributed by atoms with Crippen LogP contribution in [0.25, 0.3) is 5.57 Å². The van der Waals surface area contributed by atoms with Gasteiger partial charge < -0.3 is 9.47 Å². The first kappa shape index (κ1) is 28.9. The number of nitrogens with zero attached hydrogens (tertiary/aromatic N) is 1. The molecule has 2 aliphatic carbocycles. The number of esters is 2. The van der Waals surface area contributed by atoms with Crippen molar-refractivity contribution in [3.05, 3.63) is 47.0 Å². The zero-order valence-electron chi connectivity index (χ0n) is 22.4. The molecular formula is C28H34N2O7S2. The van der Waals surface area contributed by atoms with E-state index in [1.54, 1.807) is 36.6 Å². The van der Waals surface area contributed by atoms with Crippen LogP contribution in [0.15, 0.2) is 40.6 Å². The van der Waals surface area contributed by atoms with Crippen molar-refractivity contribution in [1.82, 2.24) is 4.98 Å². The van der Waals surface area contributed by atoms with Crippen molar-refractivity contribution in [2.75, 3.05) is 18.5 Å². The number of benzene rings is 1. The van der Waals surface area contributed by atoms with Gasteiger partial charge in [-0.2, -0.15) is 0 Å². The number of hydrogen-bond acceptors (Lipinski definition) is 9. The fourth-order valence-corrected chi connectivity index (χ4v) is 7.06. The Bertz CT molecular complexity index is 1330. The second-order valence-electron chi connectivity index (χ2n) is 10.5. The second-order valence-corrected chi connectivity index (χ2v) is 13.6.